The molecule has 10 nitrogen and oxygen atoms in total. The minimum atomic E-state index is -4.81. The molecule has 3 rings (SSSR count). The lowest BCUT2D eigenvalue weighted by atomic mass is 9.75. The summed E-state index contributed by atoms with van der Waals surface area (Å²) in [6.45, 7) is 3.12. The van der Waals surface area contributed by atoms with Crippen molar-refractivity contribution in [2.24, 2.45) is 17.8 Å². The maximum atomic E-state index is 13.9. The molecular formula is C31H44F3IN2O8. The van der Waals surface area contributed by atoms with Crippen LogP contribution in [-0.2, 0) is 20.9 Å². The Hall–Kier alpha value is -2.14. The molecule has 0 spiro atoms. The number of nitrogens with one attached hydrogen (secondary N) is 1. The fourth-order valence-electron chi connectivity index (χ4n) is 6.05. The summed E-state index contributed by atoms with van der Waals surface area (Å²) in [4.78, 5) is 27.1. The third kappa shape index (κ3) is 10.2. The van der Waals surface area contributed by atoms with E-state index < -0.39 is 55.8 Å². The molecule has 2 aliphatic carbocycles. The molecule has 14 heteroatoms. The minimum Gasteiger partial charge on any atom is -0.493 e. The Morgan fingerprint density at radius 3 is 2.51 bits per heavy atom. The number of methoxy groups -OCH3 is 1. The average Bonchev–Trinajstić information content (AvgIpc) is 2.98. The number of hydrogen-bond acceptors (Lipinski definition) is 8. The number of alkyl halides is 3. The lowest BCUT2D eigenvalue weighted by Gasteiger charge is -2.41. The van der Waals surface area contributed by atoms with Crippen LogP contribution in [0.4, 0.5) is 13.2 Å². The Bertz CT molecular complexity index is 1200. The smallest absolute Gasteiger partial charge is 0.406 e. The van der Waals surface area contributed by atoms with Crippen molar-refractivity contribution in [3.05, 3.63) is 32.9 Å². The molecule has 0 radical (unpaired) electrons. The van der Waals surface area contributed by atoms with E-state index in [0.29, 0.717) is 26.4 Å². The van der Waals surface area contributed by atoms with E-state index >= 15 is 0 Å². The molecule has 254 valence electrons. The highest BCUT2D eigenvalue weighted by atomic mass is 127. The van der Waals surface area contributed by atoms with Crippen LogP contribution >= 0.6 is 22.6 Å². The number of halogens is 4. The van der Waals surface area contributed by atoms with Gasteiger partial charge < -0.3 is 39.7 Å². The first-order valence-corrected chi connectivity index (χ1v) is 16.2. The quantitative estimate of drug-likeness (QED) is 0.225. The number of rotatable bonds is 13. The minimum absolute atomic E-state index is 0.0217. The zero-order valence-corrected chi connectivity index (χ0v) is 28.1. The van der Waals surface area contributed by atoms with Crippen molar-refractivity contribution >= 4 is 34.4 Å². The summed E-state index contributed by atoms with van der Waals surface area (Å²) < 4.78 is 59.8. The van der Waals surface area contributed by atoms with E-state index in [9.17, 15) is 38.1 Å². The van der Waals surface area contributed by atoms with Crippen molar-refractivity contribution in [1.29, 1.82) is 0 Å². The number of amides is 2. The molecule has 0 bridgehead atoms. The number of ether oxygens (including phenoxy) is 3. The van der Waals surface area contributed by atoms with Gasteiger partial charge in [-0.05, 0) is 77.0 Å². The summed E-state index contributed by atoms with van der Waals surface area (Å²) in [5.41, 5.74) is 0.492. The summed E-state index contributed by atoms with van der Waals surface area (Å²) >= 11 is 1.93. The topological polar surface area (TPSA) is 138 Å². The third-order valence-electron chi connectivity index (χ3n) is 8.39. The molecule has 0 heterocycles. The first-order chi connectivity index (χ1) is 21.2. The number of aliphatic hydroxyl groups is 3. The van der Waals surface area contributed by atoms with Gasteiger partial charge in [-0.2, -0.15) is 13.2 Å². The van der Waals surface area contributed by atoms with Crippen LogP contribution in [0, 0.1) is 21.3 Å². The fourth-order valence-corrected chi connectivity index (χ4v) is 6.84. The van der Waals surface area contributed by atoms with Crippen molar-refractivity contribution < 1.29 is 52.3 Å². The van der Waals surface area contributed by atoms with E-state index in [1.54, 1.807) is 6.07 Å². The van der Waals surface area contributed by atoms with E-state index in [1.807, 2.05) is 22.6 Å². The second-order valence-corrected chi connectivity index (χ2v) is 13.3. The van der Waals surface area contributed by atoms with Crippen LogP contribution in [0.15, 0.2) is 23.8 Å². The Kier molecular flexibility index (Phi) is 13.8. The third-order valence-corrected chi connectivity index (χ3v) is 9.19. The fraction of sp³-hybridized carbons (Fsp3) is 0.677. The van der Waals surface area contributed by atoms with Gasteiger partial charge in [-0.3, -0.25) is 9.59 Å². The van der Waals surface area contributed by atoms with Crippen LogP contribution in [-0.4, -0.2) is 96.0 Å². The van der Waals surface area contributed by atoms with Crippen LogP contribution in [0.2, 0.25) is 0 Å². The zero-order chi connectivity index (χ0) is 33.5. The van der Waals surface area contributed by atoms with E-state index in [4.69, 9.17) is 14.2 Å². The first kappa shape index (κ1) is 37.3. The normalized spacial score (nSPS) is 25.5. The number of nitrogens with zero attached hydrogens (tertiary/aromatic N) is 1. The van der Waals surface area contributed by atoms with Gasteiger partial charge in [0.15, 0.2) is 11.5 Å². The molecule has 0 aromatic heterocycles. The predicted octanol–water partition coefficient (Wildman–Crippen LogP) is 3.58. The van der Waals surface area contributed by atoms with Crippen LogP contribution in [0.1, 0.15) is 52.0 Å². The Morgan fingerprint density at radius 1 is 1.20 bits per heavy atom. The number of carbonyl (C=O) groups is 2. The van der Waals surface area contributed by atoms with E-state index in [0.717, 1.165) is 12.8 Å². The molecule has 0 aliphatic heterocycles. The number of hydrogen-bond donors (Lipinski definition) is 4. The van der Waals surface area contributed by atoms with E-state index in [1.165, 1.54) is 19.3 Å². The molecule has 1 aromatic rings. The summed E-state index contributed by atoms with van der Waals surface area (Å²) in [7, 11) is 1.36. The molecule has 6 atom stereocenters. The second-order valence-electron chi connectivity index (χ2n) is 12.1. The molecule has 2 aliphatic rings. The van der Waals surface area contributed by atoms with Crippen LogP contribution in [0.5, 0.6) is 11.5 Å². The van der Waals surface area contributed by atoms with Gasteiger partial charge in [0.2, 0.25) is 11.8 Å². The van der Waals surface area contributed by atoms with Gasteiger partial charge in [-0.25, -0.2) is 0 Å². The lowest BCUT2D eigenvalue weighted by molar-refractivity contribution is -0.177. The monoisotopic (exact) mass is 756 g/mol. The van der Waals surface area contributed by atoms with Crippen molar-refractivity contribution in [2.75, 3.05) is 33.4 Å². The summed E-state index contributed by atoms with van der Waals surface area (Å²) in [5.74, 6) is -0.556. The van der Waals surface area contributed by atoms with Crippen LogP contribution in [0.3, 0.4) is 0 Å². The Labute approximate surface area is 275 Å². The van der Waals surface area contributed by atoms with Crippen molar-refractivity contribution in [3.8, 4) is 11.5 Å². The maximum Gasteiger partial charge on any atom is 0.406 e. The van der Waals surface area contributed by atoms with E-state index in [2.05, 4.69) is 26.1 Å². The molecule has 1 fully saturated rings. The number of aliphatic hydroxyl groups excluding tert-OH is 3. The maximum absolute atomic E-state index is 13.9. The largest absolute Gasteiger partial charge is 0.493 e. The summed E-state index contributed by atoms with van der Waals surface area (Å²) in [5, 5.41) is 32.7. The number of carbonyl (C=O) groups excluding carboxylic acids is 2. The predicted molar refractivity (Wildman–Crippen MR) is 167 cm³/mol. The molecule has 1 aromatic carbocycles. The molecule has 45 heavy (non-hydrogen) atoms. The average molecular weight is 757 g/mol. The van der Waals surface area contributed by atoms with Gasteiger partial charge in [-0.15, -0.1) is 0 Å². The highest BCUT2D eigenvalue weighted by Crippen LogP contribution is 2.38. The standard InChI is InChI=1S/C31H44F3IN2O8/c1-17(2)21-6-5-18(3)9-24(21)44-15-27(40)37(16-31(32,33)34)23-12-20(30(42)36-7-8-38)13-25(28(23)41)45-29-22(35)10-19(14-39)11-26(29)43-4/h10-11,13,17-18,21,23-25,28,38-39,41H,5-9,12,14-16H2,1-4H3,(H,36,42)/t18-,21+,23+,24-,25-,28-/m0/s1. The van der Waals surface area contributed by atoms with Gasteiger partial charge in [0.25, 0.3) is 0 Å². The van der Waals surface area contributed by atoms with Gasteiger partial charge in [0.1, 0.15) is 25.4 Å². The van der Waals surface area contributed by atoms with Crippen molar-refractivity contribution in [2.45, 2.75) is 83.6 Å². The van der Waals surface area contributed by atoms with Crippen LogP contribution < -0.4 is 14.8 Å². The van der Waals surface area contributed by atoms with Crippen molar-refractivity contribution in [1.82, 2.24) is 10.2 Å². The molecular weight excluding hydrogens is 712 g/mol. The van der Waals surface area contributed by atoms with E-state index in [-0.39, 0.29) is 54.8 Å². The lowest BCUT2D eigenvalue weighted by Crippen LogP contribution is -2.58. The Balaban J connectivity index is 1.96. The highest BCUT2D eigenvalue weighted by molar-refractivity contribution is 14.1. The zero-order valence-electron chi connectivity index (χ0n) is 26.0. The second kappa shape index (κ2) is 16.6. The van der Waals surface area contributed by atoms with Crippen molar-refractivity contribution in [3.63, 3.8) is 0 Å². The molecule has 0 unspecified atom stereocenters. The number of benzene rings is 1. The SMILES string of the molecule is COc1cc(CO)cc(I)c1O[C@H]1C=C(C(=O)NCCO)C[C@@H](N(CC(F)(F)F)C(=O)CO[C@H]2C[C@@H](C)CC[C@@H]2C(C)C)[C@@H]1O. The molecule has 0 saturated heterocycles. The van der Waals surface area contributed by atoms with Gasteiger partial charge in [0.05, 0.1) is 36.0 Å². The summed E-state index contributed by atoms with van der Waals surface area (Å²) in [6.07, 6.45) is -4.67. The molecule has 2 amide bonds. The van der Waals surface area contributed by atoms with Gasteiger partial charge in [-0.1, -0.05) is 27.2 Å². The first-order valence-electron chi connectivity index (χ1n) is 15.1. The van der Waals surface area contributed by atoms with Gasteiger partial charge >= 0.3 is 6.18 Å². The summed E-state index contributed by atoms with van der Waals surface area (Å²) in [6, 6.07) is 1.62. The molecule has 4 N–H and O–H groups in total. The van der Waals surface area contributed by atoms with Gasteiger partial charge in [0, 0.05) is 18.5 Å². The van der Waals surface area contributed by atoms with Crippen LogP contribution in [0.25, 0.3) is 0 Å². The highest BCUT2D eigenvalue weighted by Gasteiger charge is 2.45. The Morgan fingerprint density at radius 2 is 1.91 bits per heavy atom. The molecule has 1 saturated carbocycles.